The van der Waals surface area contributed by atoms with Gasteiger partial charge < -0.3 is 98.1 Å². The fourth-order valence-electron chi connectivity index (χ4n) is 19.2. The first kappa shape index (κ1) is 103. The van der Waals surface area contributed by atoms with Crippen molar-refractivity contribution in [2.45, 2.75) is 153 Å². The first-order valence-corrected chi connectivity index (χ1v) is 53.2. The normalized spacial score (nSPS) is 15.8. The van der Waals surface area contributed by atoms with E-state index in [-0.39, 0.29) is 18.3 Å². The topological polar surface area (TPSA) is 386 Å². The van der Waals surface area contributed by atoms with E-state index in [1.807, 2.05) is 101 Å². The van der Waals surface area contributed by atoms with Gasteiger partial charge in [0.2, 0.25) is 0 Å². The zero-order valence-electron chi connectivity index (χ0n) is 85.9. The summed E-state index contributed by atoms with van der Waals surface area (Å²) in [5, 5.41) is 38.1. The number of oxime groups is 3. The van der Waals surface area contributed by atoms with Crippen LogP contribution in [0.5, 0.6) is 0 Å². The molecule has 23 rings (SSSR count). The number of hydrazone groups is 1. The van der Waals surface area contributed by atoms with Crippen LogP contribution in [0.3, 0.4) is 0 Å². The van der Waals surface area contributed by atoms with Gasteiger partial charge in [-0.05, 0) is 123 Å². The number of amidine groups is 6. The van der Waals surface area contributed by atoms with Crippen molar-refractivity contribution in [3.05, 3.63) is 364 Å². The van der Waals surface area contributed by atoms with Gasteiger partial charge in [-0.15, -0.1) is 22.7 Å². The smallest absolute Gasteiger partial charge is 0.177 e. The number of aromatic nitrogens is 13. The molecule has 4 aromatic carbocycles. The first-order chi connectivity index (χ1) is 72.6. The van der Waals surface area contributed by atoms with Gasteiger partial charge in [0, 0.05) is 169 Å². The number of aliphatic imine (C=N–C) groups is 2. The maximum Gasteiger partial charge on any atom is 0.177 e. The number of thiophene rings is 1. The van der Waals surface area contributed by atoms with Gasteiger partial charge in [0.1, 0.15) is 82.7 Å². The van der Waals surface area contributed by atoms with E-state index >= 15 is 0 Å². The number of pyridine rings is 6. The van der Waals surface area contributed by atoms with E-state index in [1.165, 1.54) is 144 Å². The highest BCUT2D eigenvalue weighted by molar-refractivity contribution is 7.10. The van der Waals surface area contributed by atoms with Gasteiger partial charge in [-0.3, -0.25) is 9.98 Å². The van der Waals surface area contributed by atoms with E-state index in [1.54, 1.807) is 22.7 Å². The molecule has 18 aromatic rings. The lowest BCUT2D eigenvalue weighted by Crippen LogP contribution is -2.47. The van der Waals surface area contributed by atoms with Crippen molar-refractivity contribution in [1.82, 2.24) is 48.3 Å². The van der Waals surface area contributed by atoms with Crippen LogP contribution < -0.4 is 83.6 Å². The number of hydrogen-bond donors (Lipinski definition) is 10. The number of benzene rings is 4. The fraction of sp³-hybridized carbons (Fsp3) is 0.313. The van der Waals surface area contributed by atoms with E-state index in [4.69, 9.17) is 69.7 Å². The highest BCUT2D eigenvalue weighted by atomic mass is 32.1. The summed E-state index contributed by atoms with van der Waals surface area (Å²) in [4.78, 5) is 31.9. The second kappa shape index (κ2) is 49.6. The van der Waals surface area contributed by atoms with Crippen molar-refractivity contribution in [3.63, 3.8) is 0 Å². The summed E-state index contributed by atoms with van der Waals surface area (Å²) >= 11 is 3.41. The minimum atomic E-state index is 0.122. The number of nitrogens with one attached hydrogen (secondary N) is 3. The molecule has 0 radical (unpaired) electrons. The van der Waals surface area contributed by atoms with Crippen molar-refractivity contribution in [1.29, 1.82) is 0 Å². The van der Waals surface area contributed by atoms with Gasteiger partial charge in [-0.2, -0.15) is 5.10 Å². The molecule has 2 saturated carbocycles. The van der Waals surface area contributed by atoms with E-state index in [0.717, 1.165) is 149 Å². The van der Waals surface area contributed by atoms with Crippen LogP contribution in [0, 0.1) is 0 Å². The molecule has 3 saturated heterocycles. The number of aryl methyl sites for hydroxylation is 6. The van der Waals surface area contributed by atoms with Crippen LogP contribution in [0.25, 0.3) is 65.4 Å². The Kier molecular flexibility index (Phi) is 34.4. The summed E-state index contributed by atoms with van der Waals surface area (Å²) in [5.41, 5.74) is 53.9. The number of hydrogen-bond acceptors (Lipinski definition) is 16. The Balaban J connectivity index is 0.000000117. The van der Waals surface area contributed by atoms with Crippen molar-refractivity contribution in [3.8, 4) is 0 Å². The lowest BCUT2D eigenvalue weighted by Gasteiger charge is -2.24. The molecule has 1 unspecified atom stereocenters. The van der Waals surface area contributed by atoms with Crippen LogP contribution in [-0.4, -0.2) is 137 Å². The molecule has 0 spiro atoms. The van der Waals surface area contributed by atoms with Gasteiger partial charge >= 0.3 is 0 Å². The molecule has 768 valence electrons. The highest BCUT2D eigenvalue weighted by Crippen LogP contribution is 2.29. The minimum absolute atomic E-state index is 0.122. The number of nitrogens with two attached hydrogens (primary N) is 7. The molecular weight excluding hydrogens is 1900 g/mol. The maximum atomic E-state index is 6.27. The summed E-state index contributed by atoms with van der Waals surface area (Å²) in [6.07, 6.45) is 53.8. The molecule has 32 nitrogen and oxygen atoms in total. The van der Waals surface area contributed by atoms with Gasteiger partial charge in [0.25, 0.3) is 0 Å². The number of thiazole rings is 1. The number of fused-ring (bicyclic) bond motifs is 6. The van der Waals surface area contributed by atoms with Crippen molar-refractivity contribution >= 4 is 123 Å². The Labute approximate surface area is 877 Å². The minimum Gasteiger partial charge on any atom is -0.391 e. The molecule has 5 aliphatic rings. The molecule has 0 amide bonds. The maximum absolute atomic E-state index is 6.27. The standard InChI is InChI=1S/C21H26N5O.C20H24N5O.C20H25N4S.C19H22N5O.C19H24N5S.C16H18N5/c1-25-12-9-20-18(15-25)8-13-26(20)14-16-2-4-17(5-3-16)21(22)24-27-19-6-10-23-11-7-19;1-24-10-8-19-17(14-24)7-11-25(19)13-15-2-4-16(5-3-15)20(21)23-26-18-6-9-22-12-18;1-23-9-8-19-15(12-23)7-10-24(19)13-18-11-16(14-25-18)20(21)22-17-5-3-2-4-6-17;1-23-8-7-18-16(13-23)6-9-24(18)12-14-2-4-15(5-3-14)19(20)22-25-17-10-21-11-17;1-23-9-8-17-14(11-23)7-10-24(17)12-18-22-16(13-25-18)19(20)21-15-5-3-2-4-6-15;1-20-8-7-15-14(11-20)6-9-21(15)10-12-2-4-13(5-3-12)16(17)19-18/h2-5,8-9,12-13,15,19,23H,6-7,10-11,14H2,1H3,(H2,22,24);2-5,7-8,10-11,14,18,22H,6,9,12-13H2,1H3,(H2,21,23);7-12,14,17H,2-6,13H2,1H3,(H2,21,22);2-9,13,17,21H,10-12H2,1H3,(H2,20,22);7-11,13,15H,2-6,12H2,1H3,(H2,20,21);2-9,11H,10,18H2,1H3,(H2,17,19)/q6*+1. The van der Waals surface area contributed by atoms with E-state index in [2.05, 4.69) is 331 Å². The van der Waals surface area contributed by atoms with Crippen LogP contribution in [0.15, 0.2) is 329 Å². The van der Waals surface area contributed by atoms with Crippen LogP contribution in [0.2, 0.25) is 0 Å². The third kappa shape index (κ3) is 27.8. The zero-order chi connectivity index (χ0) is 103. The molecule has 1 atom stereocenters. The monoisotopic (exact) mass is 2040 g/mol. The molecule has 0 bridgehead atoms. The Bertz CT molecular complexity index is 7570. The molecule has 17 N–H and O–H groups in total. The van der Waals surface area contributed by atoms with Gasteiger partial charge in [-0.1, -0.05) is 151 Å². The van der Waals surface area contributed by atoms with Gasteiger partial charge in [0.05, 0.1) is 90.6 Å². The predicted molar refractivity (Wildman–Crippen MR) is 595 cm³/mol. The Morgan fingerprint density at radius 2 is 0.638 bits per heavy atom. The summed E-state index contributed by atoms with van der Waals surface area (Å²) in [7, 11) is 12.2. The Morgan fingerprint density at radius 3 is 0.980 bits per heavy atom. The van der Waals surface area contributed by atoms with Gasteiger partial charge in [0.15, 0.2) is 98.0 Å². The Morgan fingerprint density at radius 1 is 0.322 bits per heavy atom. The van der Waals surface area contributed by atoms with Crippen LogP contribution >= 0.6 is 22.7 Å². The number of rotatable bonds is 26. The summed E-state index contributed by atoms with van der Waals surface area (Å²) in [6, 6.07) is 61.2. The van der Waals surface area contributed by atoms with E-state index < -0.39 is 0 Å². The largest absolute Gasteiger partial charge is 0.391 e. The van der Waals surface area contributed by atoms with Gasteiger partial charge in [-0.25, -0.2) is 32.4 Å². The fourth-order valence-corrected chi connectivity index (χ4v) is 20.9. The molecule has 149 heavy (non-hydrogen) atoms. The second-order valence-corrected chi connectivity index (χ2v) is 41.2. The third-order valence-electron chi connectivity index (χ3n) is 27.8. The van der Waals surface area contributed by atoms with Crippen molar-refractivity contribution in [2.75, 3.05) is 39.3 Å². The highest BCUT2D eigenvalue weighted by Gasteiger charge is 2.24. The lowest BCUT2D eigenvalue weighted by molar-refractivity contribution is -0.670. The first-order valence-electron chi connectivity index (χ1n) is 51.5. The molecule has 17 heterocycles. The van der Waals surface area contributed by atoms with Crippen LogP contribution in [0.4, 0.5) is 0 Å². The average molecular weight is 2040 g/mol. The van der Waals surface area contributed by atoms with Crippen molar-refractivity contribution in [2.24, 2.45) is 113 Å². The summed E-state index contributed by atoms with van der Waals surface area (Å²) in [6.45, 7) is 10.3. The SMILES string of the molecule is C[n+]1ccc2c(ccn2Cc2cc(C(N)=NC3CCCCC3)cs2)c1.C[n+]1ccc2c(ccn2Cc2ccc(C(N)=NN)cc2)c1.C[n+]1ccc2c(ccn2Cc2ccc(C(N)=NOC3CCNC3)cc2)c1.C[n+]1ccc2c(ccn2Cc2ccc(C(N)=NOC3CCNCC3)cc2)c1.C[n+]1ccc2c(ccn2Cc2ccc(C(N)=NOC3CNC3)cc2)c1.C[n+]1ccc2c(ccn2Cc2nc(C(N)=NC3CCCCC3)cs2)c1. The van der Waals surface area contributed by atoms with Crippen LogP contribution in [0.1, 0.15) is 149 Å². The molecule has 14 aromatic heterocycles. The van der Waals surface area contributed by atoms with Crippen LogP contribution in [-0.2, 0) is 96.1 Å². The lowest BCUT2D eigenvalue weighted by atomic mass is 9.96. The molecule has 34 heteroatoms. The zero-order valence-corrected chi connectivity index (χ0v) is 87.6. The molecular formula is C115H139N29O3S2+6. The second-order valence-electron chi connectivity index (χ2n) is 39.3. The number of nitrogens with zero attached hydrogens (tertiary/aromatic N) is 19. The predicted octanol–water partition coefficient (Wildman–Crippen LogP) is 12.3. The molecule has 3 aliphatic heterocycles. The summed E-state index contributed by atoms with van der Waals surface area (Å²) < 4.78 is 25.9. The average Bonchev–Trinajstić information content (AvgIpc) is 1.68. The summed E-state index contributed by atoms with van der Waals surface area (Å²) in [5.74, 6) is 8.10. The third-order valence-corrected chi connectivity index (χ3v) is 29.5. The molecule has 2 aliphatic carbocycles. The van der Waals surface area contributed by atoms with E-state index in [0.29, 0.717) is 47.1 Å². The van der Waals surface area contributed by atoms with E-state index in [9.17, 15) is 0 Å². The molecule has 5 fully saturated rings. The number of piperidine rings is 1. The van der Waals surface area contributed by atoms with Crippen molar-refractivity contribution < 1.29 is 41.9 Å². The Hall–Kier alpha value is -15.8. The quantitative estimate of drug-likeness (QED) is 0.00792.